The second-order valence-corrected chi connectivity index (χ2v) is 3.70. The summed E-state index contributed by atoms with van der Waals surface area (Å²) in [4.78, 5) is 15.6. The quantitative estimate of drug-likeness (QED) is 0.736. The highest BCUT2D eigenvalue weighted by atomic mass is 16.5. The number of aromatic nitrogens is 3. The van der Waals surface area contributed by atoms with Crippen molar-refractivity contribution in [1.82, 2.24) is 14.8 Å². The summed E-state index contributed by atoms with van der Waals surface area (Å²) in [7, 11) is 3.19. The van der Waals surface area contributed by atoms with Crippen LogP contribution in [0.4, 0.5) is 0 Å². The second-order valence-electron chi connectivity index (χ2n) is 3.70. The van der Waals surface area contributed by atoms with E-state index >= 15 is 0 Å². The van der Waals surface area contributed by atoms with Gasteiger partial charge in [0.2, 0.25) is 0 Å². The SMILES string of the molecule is COC(=O)c1cccc(-c2cn(C)nc2C)n1. The highest BCUT2D eigenvalue weighted by Crippen LogP contribution is 2.20. The molecule has 2 aromatic heterocycles. The van der Waals surface area contributed by atoms with Crippen molar-refractivity contribution in [3.8, 4) is 11.3 Å². The van der Waals surface area contributed by atoms with Crippen molar-refractivity contribution in [2.24, 2.45) is 7.05 Å². The van der Waals surface area contributed by atoms with Crippen molar-refractivity contribution in [1.29, 1.82) is 0 Å². The summed E-state index contributed by atoms with van der Waals surface area (Å²) in [6.07, 6.45) is 1.87. The number of carbonyl (C=O) groups excluding carboxylic acids is 1. The smallest absolute Gasteiger partial charge is 0.356 e. The van der Waals surface area contributed by atoms with Crippen LogP contribution in [-0.4, -0.2) is 27.8 Å². The van der Waals surface area contributed by atoms with Gasteiger partial charge >= 0.3 is 5.97 Å². The molecule has 0 aliphatic heterocycles. The van der Waals surface area contributed by atoms with Crippen LogP contribution in [0.5, 0.6) is 0 Å². The number of aryl methyl sites for hydroxylation is 2. The van der Waals surface area contributed by atoms with Gasteiger partial charge in [-0.05, 0) is 19.1 Å². The van der Waals surface area contributed by atoms with Crippen LogP contribution in [0.2, 0.25) is 0 Å². The summed E-state index contributed by atoms with van der Waals surface area (Å²) < 4.78 is 6.36. The zero-order valence-electron chi connectivity index (χ0n) is 9.97. The van der Waals surface area contributed by atoms with Crippen LogP contribution >= 0.6 is 0 Å². The molecule has 5 nitrogen and oxygen atoms in total. The summed E-state index contributed by atoms with van der Waals surface area (Å²) in [6.45, 7) is 1.90. The molecule has 0 saturated carbocycles. The summed E-state index contributed by atoms with van der Waals surface area (Å²) in [5.74, 6) is -0.437. The van der Waals surface area contributed by atoms with Crippen molar-refractivity contribution < 1.29 is 9.53 Å². The van der Waals surface area contributed by atoms with Crippen LogP contribution in [-0.2, 0) is 11.8 Å². The summed E-state index contributed by atoms with van der Waals surface area (Å²) in [5.41, 5.74) is 2.81. The molecular formula is C12H13N3O2. The molecule has 0 fully saturated rings. The fourth-order valence-corrected chi connectivity index (χ4v) is 1.65. The van der Waals surface area contributed by atoms with E-state index in [2.05, 4.69) is 14.8 Å². The Morgan fingerprint density at radius 1 is 1.41 bits per heavy atom. The molecule has 0 bridgehead atoms. The Labute approximate surface area is 99.1 Å². The first-order valence-electron chi connectivity index (χ1n) is 5.18. The number of hydrogen-bond donors (Lipinski definition) is 0. The Morgan fingerprint density at radius 3 is 2.76 bits per heavy atom. The average Bonchev–Trinajstić information content (AvgIpc) is 2.67. The molecule has 17 heavy (non-hydrogen) atoms. The lowest BCUT2D eigenvalue weighted by Crippen LogP contribution is -2.04. The number of carbonyl (C=O) groups is 1. The van der Waals surface area contributed by atoms with E-state index in [1.165, 1.54) is 7.11 Å². The molecule has 0 radical (unpaired) electrons. The van der Waals surface area contributed by atoms with E-state index in [0.29, 0.717) is 5.69 Å². The average molecular weight is 231 g/mol. The highest BCUT2D eigenvalue weighted by Gasteiger charge is 2.11. The van der Waals surface area contributed by atoms with Gasteiger partial charge in [0.25, 0.3) is 0 Å². The fourth-order valence-electron chi connectivity index (χ4n) is 1.65. The van der Waals surface area contributed by atoms with Crippen molar-refractivity contribution >= 4 is 5.97 Å². The van der Waals surface area contributed by atoms with Crippen LogP contribution < -0.4 is 0 Å². The van der Waals surface area contributed by atoms with Gasteiger partial charge in [0.1, 0.15) is 5.69 Å². The van der Waals surface area contributed by atoms with Crippen LogP contribution in [0, 0.1) is 6.92 Å². The first-order chi connectivity index (χ1) is 8.11. The molecule has 88 valence electrons. The van der Waals surface area contributed by atoms with Crippen LogP contribution in [0.25, 0.3) is 11.3 Å². The lowest BCUT2D eigenvalue weighted by molar-refractivity contribution is 0.0594. The lowest BCUT2D eigenvalue weighted by Gasteiger charge is -2.01. The van der Waals surface area contributed by atoms with Gasteiger partial charge in [-0.25, -0.2) is 9.78 Å². The van der Waals surface area contributed by atoms with E-state index in [9.17, 15) is 4.79 Å². The number of rotatable bonds is 2. The van der Waals surface area contributed by atoms with Crippen molar-refractivity contribution in [3.63, 3.8) is 0 Å². The Balaban J connectivity index is 2.46. The van der Waals surface area contributed by atoms with Crippen molar-refractivity contribution in [2.75, 3.05) is 7.11 Å². The van der Waals surface area contributed by atoms with E-state index in [0.717, 1.165) is 17.0 Å². The molecule has 0 spiro atoms. The third-order valence-corrected chi connectivity index (χ3v) is 2.43. The molecule has 0 atom stereocenters. The summed E-state index contributed by atoms with van der Waals surface area (Å²) in [5, 5.41) is 4.24. The van der Waals surface area contributed by atoms with Crippen molar-refractivity contribution in [2.45, 2.75) is 6.92 Å². The van der Waals surface area contributed by atoms with Gasteiger partial charge in [0, 0.05) is 18.8 Å². The van der Waals surface area contributed by atoms with E-state index in [1.807, 2.05) is 26.2 Å². The van der Waals surface area contributed by atoms with Gasteiger partial charge in [-0.15, -0.1) is 0 Å². The third-order valence-electron chi connectivity index (χ3n) is 2.43. The lowest BCUT2D eigenvalue weighted by atomic mass is 10.1. The number of hydrogen-bond acceptors (Lipinski definition) is 4. The molecule has 0 aromatic carbocycles. The molecule has 0 saturated heterocycles. The Bertz CT molecular complexity index is 561. The van der Waals surface area contributed by atoms with Gasteiger partial charge < -0.3 is 4.74 Å². The molecule has 0 unspecified atom stereocenters. The minimum Gasteiger partial charge on any atom is -0.464 e. The van der Waals surface area contributed by atoms with E-state index in [-0.39, 0.29) is 0 Å². The number of methoxy groups -OCH3 is 1. The first kappa shape index (κ1) is 11.3. The molecule has 2 heterocycles. The predicted molar refractivity (Wildman–Crippen MR) is 62.5 cm³/mol. The maximum Gasteiger partial charge on any atom is 0.356 e. The molecule has 0 aliphatic carbocycles. The number of nitrogens with zero attached hydrogens (tertiary/aromatic N) is 3. The summed E-state index contributed by atoms with van der Waals surface area (Å²) in [6, 6.07) is 5.25. The number of esters is 1. The molecule has 0 N–H and O–H groups in total. The van der Waals surface area contributed by atoms with E-state index in [1.54, 1.807) is 16.8 Å². The van der Waals surface area contributed by atoms with Gasteiger partial charge in [-0.3, -0.25) is 4.68 Å². The normalized spacial score (nSPS) is 10.3. The second kappa shape index (κ2) is 4.37. The zero-order valence-corrected chi connectivity index (χ0v) is 9.97. The van der Waals surface area contributed by atoms with Gasteiger partial charge in [-0.2, -0.15) is 5.10 Å². The topological polar surface area (TPSA) is 57.0 Å². The molecule has 0 aliphatic rings. The maximum absolute atomic E-state index is 11.4. The predicted octanol–water partition coefficient (Wildman–Crippen LogP) is 1.58. The first-order valence-corrected chi connectivity index (χ1v) is 5.18. The van der Waals surface area contributed by atoms with E-state index < -0.39 is 5.97 Å². The molecule has 5 heteroatoms. The Morgan fingerprint density at radius 2 is 2.18 bits per heavy atom. The monoisotopic (exact) mass is 231 g/mol. The molecule has 0 amide bonds. The molecule has 2 aromatic rings. The number of pyridine rings is 1. The summed E-state index contributed by atoms with van der Waals surface area (Å²) >= 11 is 0. The molecular weight excluding hydrogens is 218 g/mol. The van der Waals surface area contributed by atoms with Crippen LogP contribution in [0.15, 0.2) is 24.4 Å². The van der Waals surface area contributed by atoms with Gasteiger partial charge in [0.15, 0.2) is 0 Å². The zero-order chi connectivity index (χ0) is 12.4. The Hall–Kier alpha value is -2.17. The third kappa shape index (κ3) is 2.18. The van der Waals surface area contributed by atoms with Gasteiger partial charge in [-0.1, -0.05) is 6.07 Å². The van der Waals surface area contributed by atoms with Crippen LogP contribution in [0.1, 0.15) is 16.2 Å². The minimum absolute atomic E-state index is 0.299. The molecule has 2 rings (SSSR count). The van der Waals surface area contributed by atoms with E-state index in [4.69, 9.17) is 0 Å². The number of ether oxygens (including phenoxy) is 1. The van der Waals surface area contributed by atoms with Crippen molar-refractivity contribution in [3.05, 3.63) is 35.8 Å². The maximum atomic E-state index is 11.4. The fraction of sp³-hybridized carbons (Fsp3) is 0.250. The highest BCUT2D eigenvalue weighted by molar-refractivity contribution is 5.87. The van der Waals surface area contributed by atoms with Gasteiger partial charge in [0.05, 0.1) is 18.5 Å². The largest absolute Gasteiger partial charge is 0.464 e. The minimum atomic E-state index is -0.437. The van der Waals surface area contributed by atoms with Crippen LogP contribution in [0.3, 0.4) is 0 Å². The standard InChI is InChI=1S/C12H13N3O2/c1-8-9(7-15(2)14-8)10-5-4-6-11(13-10)12(16)17-3/h4-7H,1-3H3. The Kier molecular flexibility index (Phi) is 2.91.